The van der Waals surface area contributed by atoms with Gasteiger partial charge in [-0.2, -0.15) is 0 Å². The summed E-state index contributed by atoms with van der Waals surface area (Å²) in [4.78, 5) is 0. The minimum Gasteiger partial charge on any atom is -0.331 e. The molecule has 0 aliphatic carbocycles. The van der Waals surface area contributed by atoms with E-state index in [0.29, 0.717) is 5.11 Å². The largest absolute Gasteiger partial charge is 0.331 e. The lowest BCUT2D eigenvalue weighted by molar-refractivity contribution is 0.776. The number of hydrogen-bond donors (Lipinski definition) is 3. The summed E-state index contributed by atoms with van der Waals surface area (Å²) in [6.45, 7) is 0. The van der Waals surface area contributed by atoms with Gasteiger partial charge in [0.15, 0.2) is 5.11 Å². The number of fused-ring (bicyclic) bond motifs is 1. The molecule has 4 heteroatoms. The van der Waals surface area contributed by atoms with Crippen LogP contribution in [-0.4, -0.2) is 12.2 Å². The lowest BCUT2D eigenvalue weighted by Crippen LogP contribution is -2.37. The molecule has 0 fully saturated rings. The highest BCUT2D eigenvalue weighted by atomic mass is 32.1. The van der Waals surface area contributed by atoms with Gasteiger partial charge in [-0.15, -0.1) is 0 Å². The Morgan fingerprint density at radius 3 is 2.62 bits per heavy atom. The van der Waals surface area contributed by atoms with E-state index in [2.05, 4.69) is 34.4 Å². The molecular formula is C12H13N3S. The van der Waals surface area contributed by atoms with Gasteiger partial charge in [0.25, 0.3) is 0 Å². The summed E-state index contributed by atoms with van der Waals surface area (Å²) in [6, 6.07) is 14.3. The summed E-state index contributed by atoms with van der Waals surface area (Å²) in [7, 11) is 1.77. The van der Waals surface area contributed by atoms with Crippen molar-refractivity contribution in [1.29, 1.82) is 0 Å². The quantitative estimate of drug-likeness (QED) is 0.547. The van der Waals surface area contributed by atoms with Crippen molar-refractivity contribution in [1.82, 2.24) is 10.9 Å². The first kappa shape index (κ1) is 10.9. The molecule has 2 rings (SSSR count). The van der Waals surface area contributed by atoms with Crippen LogP contribution < -0.4 is 16.2 Å². The zero-order valence-electron chi connectivity index (χ0n) is 8.95. The van der Waals surface area contributed by atoms with Crippen molar-refractivity contribution in [3.63, 3.8) is 0 Å². The van der Waals surface area contributed by atoms with Crippen LogP contribution in [0.5, 0.6) is 0 Å². The fourth-order valence-corrected chi connectivity index (χ4v) is 1.81. The molecule has 0 atom stereocenters. The molecule has 82 valence electrons. The van der Waals surface area contributed by atoms with E-state index in [9.17, 15) is 0 Å². The standard InChI is InChI=1S/C12H13N3S/c1-13-15-12(16)14-11-8-4-6-9-5-2-3-7-10(9)11/h2-8,13H,1H3,(H2,14,15,16). The molecule has 0 amide bonds. The number of hydrazine groups is 1. The van der Waals surface area contributed by atoms with Gasteiger partial charge in [-0.25, -0.2) is 5.43 Å². The zero-order chi connectivity index (χ0) is 11.4. The summed E-state index contributed by atoms with van der Waals surface area (Å²) >= 11 is 5.11. The van der Waals surface area contributed by atoms with Gasteiger partial charge in [0.05, 0.1) is 0 Å². The average molecular weight is 231 g/mol. The molecule has 3 nitrogen and oxygen atoms in total. The third-order valence-corrected chi connectivity index (χ3v) is 2.48. The minimum absolute atomic E-state index is 0.554. The van der Waals surface area contributed by atoms with Gasteiger partial charge in [0.2, 0.25) is 0 Å². The molecule has 16 heavy (non-hydrogen) atoms. The Morgan fingerprint density at radius 2 is 1.81 bits per heavy atom. The SMILES string of the molecule is CNNC(=S)Nc1cccc2ccccc12. The molecule has 0 aliphatic heterocycles. The fraction of sp³-hybridized carbons (Fsp3) is 0.0833. The van der Waals surface area contributed by atoms with E-state index < -0.39 is 0 Å². The smallest absolute Gasteiger partial charge is 0.185 e. The molecule has 0 heterocycles. The van der Waals surface area contributed by atoms with Crippen molar-refractivity contribution in [2.75, 3.05) is 12.4 Å². The lowest BCUT2D eigenvalue weighted by Gasteiger charge is -2.11. The number of anilines is 1. The topological polar surface area (TPSA) is 36.1 Å². The fourth-order valence-electron chi connectivity index (χ4n) is 1.60. The van der Waals surface area contributed by atoms with Crippen LogP contribution in [-0.2, 0) is 0 Å². The monoisotopic (exact) mass is 231 g/mol. The highest BCUT2D eigenvalue weighted by Gasteiger charge is 2.00. The van der Waals surface area contributed by atoms with Crippen molar-refractivity contribution in [2.45, 2.75) is 0 Å². The van der Waals surface area contributed by atoms with Gasteiger partial charge in [0.1, 0.15) is 0 Å². The van der Waals surface area contributed by atoms with Gasteiger partial charge in [-0.05, 0) is 23.7 Å². The zero-order valence-corrected chi connectivity index (χ0v) is 9.77. The molecule has 0 saturated carbocycles. The van der Waals surface area contributed by atoms with Crippen molar-refractivity contribution in [3.05, 3.63) is 42.5 Å². The molecule has 0 spiro atoms. The van der Waals surface area contributed by atoms with Crippen LogP contribution in [0.4, 0.5) is 5.69 Å². The van der Waals surface area contributed by atoms with Crippen LogP contribution in [0.15, 0.2) is 42.5 Å². The molecule has 0 saturated heterocycles. The number of rotatable bonds is 2. The summed E-state index contributed by atoms with van der Waals surface area (Å²) in [5.74, 6) is 0. The van der Waals surface area contributed by atoms with Gasteiger partial charge in [0, 0.05) is 18.1 Å². The molecular weight excluding hydrogens is 218 g/mol. The summed E-state index contributed by atoms with van der Waals surface area (Å²) < 4.78 is 0. The highest BCUT2D eigenvalue weighted by molar-refractivity contribution is 7.80. The average Bonchev–Trinajstić information content (AvgIpc) is 2.30. The molecule has 0 aromatic heterocycles. The Balaban J connectivity index is 2.33. The molecule has 3 N–H and O–H groups in total. The summed E-state index contributed by atoms with van der Waals surface area (Å²) in [6.07, 6.45) is 0. The third-order valence-electron chi connectivity index (χ3n) is 2.28. The lowest BCUT2D eigenvalue weighted by atomic mass is 10.1. The Kier molecular flexibility index (Phi) is 3.34. The van der Waals surface area contributed by atoms with E-state index >= 15 is 0 Å². The maximum Gasteiger partial charge on any atom is 0.185 e. The number of nitrogens with one attached hydrogen (secondary N) is 3. The van der Waals surface area contributed by atoms with E-state index in [0.717, 1.165) is 11.1 Å². The number of thiocarbonyl (C=S) groups is 1. The van der Waals surface area contributed by atoms with E-state index in [4.69, 9.17) is 12.2 Å². The van der Waals surface area contributed by atoms with Crippen LogP contribution >= 0.6 is 12.2 Å². The molecule has 0 radical (unpaired) electrons. The summed E-state index contributed by atoms with van der Waals surface area (Å²) in [5, 5.41) is 6.05. The second kappa shape index (κ2) is 4.92. The first-order valence-electron chi connectivity index (χ1n) is 5.03. The Bertz CT molecular complexity index is 505. The number of benzene rings is 2. The van der Waals surface area contributed by atoms with Crippen molar-refractivity contribution >= 4 is 33.8 Å². The molecule has 0 aliphatic rings. The van der Waals surface area contributed by atoms with Crippen LogP contribution in [0.2, 0.25) is 0 Å². The van der Waals surface area contributed by atoms with E-state index in [1.165, 1.54) is 5.39 Å². The Labute approximate surface area is 99.8 Å². The van der Waals surface area contributed by atoms with Crippen molar-refractivity contribution in [2.24, 2.45) is 0 Å². The van der Waals surface area contributed by atoms with Gasteiger partial charge in [-0.1, -0.05) is 36.4 Å². The van der Waals surface area contributed by atoms with Crippen LogP contribution in [0.25, 0.3) is 10.8 Å². The molecule has 2 aromatic carbocycles. The van der Waals surface area contributed by atoms with Gasteiger partial charge >= 0.3 is 0 Å². The van der Waals surface area contributed by atoms with E-state index in [1.54, 1.807) is 7.05 Å². The van der Waals surface area contributed by atoms with E-state index in [1.807, 2.05) is 24.3 Å². The first-order valence-corrected chi connectivity index (χ1v) is 5.43. The predicted octanol–water partition coefficient (Wildman–Crippen LogP) is 2.26. The maximum atomic E-state index is 5.11. The minimum atomic E-state index is 0.554. The molecule has 0 bridgehead atoms. The maximum absolute atomic E-state index is 5.11. The van der Waals surface area contributed by atoms with Crippen molar-refractivity contribution in [3.8, 4) is 0 Å². The van der Waals surface area contributed by atoms with Gasteiger partial charge < -0.3 is 5.32 Å². The highest BCUT2D eigenvalue weighted by Crippen LogP contribution is 2.22. The summed E-state index contributed by atoms with van der Waals surface area (Å²) in [5.41, 5.74) is 6.62. The van der Waals surface area contributed by atoms with Crippen LogP contribution in [0.3, 0.4) is 0 Å². The normalized spacial score (nSPS) is 10.1. The number of hydrogen-bond acceptors (Lipinski definition) is 2. The van der Waals surface area contributed by atoms with Crippen LogP contribution in [0, 0.1) is 0 Å². The second-order valence-electron chi connectivity index (χ2n) is 3.36. The van der Waals surface area contributed by atoms with Crippen molar-refractivity contribution < 1.29 is 0 Å². The van der Waals surface area contributed by atoms with E-state index in [-0.39, 0.29) is 0 Å². The first-order chi connectivity index (χ1) is 7.81. The second-order valence-corrected chi connectivity index (χ2v) is 3.76. The predicted molar refractivity (Wildman–Crippen MR) is 72.4 cm³/mol. The molecule has 2 aromatic rings. The van der Waals surface area contributed by atoms with Gasteiger partial charge in [-0.3, -0.25) is 5.43 Å². The molecule has 0 unspecified atom stereocenters. The third kappa shape index (κ3) is 2.29. The van der Waals surface area contributed by atoms with Crippen LogP contribution in [0.1, 0.15) is 0 Å². The Morgan fingerprint density at radius 1 is 1.06 bits per heavy atom. The Hall–Kier alpha value is -1.65.